The van der Waals surface area contributed by atoms with Crippen molar-refractivity contribution in [2.45, 2.75) is 18.9 Å². The van der Waals surface area contributed by atoms with Gasteiger partial charge in [-0.25, -0.2) is 0 Å². The fraction of sp³-hybridized carbons (Fsp3) is 0.200. The number of aliphatic hydroxyl groups is 1. The topological polar surface area (TPSA) is 62.0 Å². The largest absolute Gasteiger partial charge is 0.394 e. The van der Waals surface area contributed by atoms with Crippen LogP contribution in [0.15, 0.2) is 71.7 Å². The van der Waals surface area contributed by atoms with E-state index in [-0.39, 0.29) is 24.1 Å². The van der Waals surface area contributed by atoms with Crippen molar-refractivity contribution in [2.24, 2.45) is 0 Å². The standard InChI is InChI=1S/C25H21ClN2O3/c26-18-9-8-17-10-12-28-23(20(17)13-18)22(25(31)27-11-4-7-19(27)15-29)14-21(24(28)30)16-5-2-1-3-6-16/h1-3,5-6,8-10,12-14,19,29H,4,7,11,15H2/t19-/m1/s1. The second kappa shape index (κ2) is 7.84. The predicted molar refractivity (Wildman–Crippen MR) is 123 cm³/mol. The molecule has 156 valence electrons. The van der Waals surface area contributed by atoms with Crippen LogP contribution in [0.4, 0.5) is 0 Å². The van der Waals surface area contributed by atoms with E-state index in [4.69, 9.17) is 11.6 Å². The molecule has 4 aromatic rings. The lowest BCUT2D eigenvalue weighted by atomic mass is 10.0. The van der Waals surface area contributed by atoms with Crippen LogP contribution < -0.4 is 5.56 Å². The molecule has 31 heavy (non-hydrogen) atoms. The minimum absolute atomic E-state index is 0.0748. The summed E-state index contributed by atoms with van der Waals surface area (Å²) in [5, 5.41) is 11.9. The third-order valence-corrected chi connectivity index (χ3v) is 6.31. The van der Waals surface area contributed by atoms with E-state index >= 15 is 0 Å². The number of rotatable bonds is 3. The zero-order valence-electron chi connectivity index (χ0n) is 16.8. The van der Waals surface area contributed by atoms with E-state index in [0.717, 1.165) is 29.2 Å². The molecular weight excluding hydrogens is 412 g/mol. The first-order valence-corrected chi connectivity index (χ1v) is 10.7. The third kappa shape index (κ3) is 3.30. The van der Waals surface area contributed by atoms with Crippen LogP contribution in [0, 0.1) is 0 Å². The molecule has 1 saturated heterocycles. The number of likely N-dealkylation sites (tertiary alicyclic amines) is 1. The maximum atomic E-state index is 13.7. The fourth-order valence-electron chi connectivity index (χ4n) is 4.52. The van der Waals surface area contributed by atoms with Gasteiger partial charge < -0.3 is 10.0 Å². The molecule has 1 fully saturated rings. The molecule has 0 bridgehead atoms. The van der Waals surface area contributed by atoms with Gasteiger partial charge in [0.25, 0.3) is 11.5 Å². The lowest BCUT2D eigenvalue weighted by molar-refractivity contribution is 0.0679. The molecular formula is C25H21ClN2O3. The Morgan fingerprint density at radius 3 is 2.68 bits per heavy atom. The van der Waals surface area contributed by atoms with E-state index in [0.29, 0.717) is 28.2 Å². The summed E-state index contributed by atoms with van der Waals surface area (Å²) < 4.78 is 1.54. The minimum Gasteiger partial charge on any atom is -0.394 e. The molecule has 2 aromatic carbocycles. The summed E-state index contributed by atoms with van der Waals surface area (Å²) in [6, 6.07) is 18.2. The van der Waals surface area contributed by atoms with Gasteiger partial charge in [-0.05, 0) is 48.1 Å². The Morgan fingerprint density at radius 2 is 1.90 bits per heavy atom. The summed E-state index contributed by atoms with van der Waals surface area (Å²) in [7, 11) is 0. The predicted octanol–water partition coefficient (Wildman–Crippen LogP) is 4.37. The van der Waals surface area contributed by atoms with Crippen molar-refractivity contribution in [1.29, 1.82) is 0 Å². The van der Waals surface area contributed by atoms with E-state index in [1.807, 2.05) is 42.5 Å². The Kier molecular flexibility index (Phi) is 5.00. The van der Waals surface area contributed by atoms with Crippen molar-refractivity contribution in [2.75, 3.05) is 13.2 Å². The molecule has 0 saturated carbocycles. The van der Waals surface area contributed by atoms with Gasteiger partial charge in [-0.15, -0.1) is 0 Å². The van der Waals surface area contributed by atoms with Crippen LogP contribution in [0.2, 0.25) is 5.02 Å². The lowest BCUT2D eigenvalue weighted by Crippen LogP contribution is -2.38. The molecule has 0 radical (unpaired) electrons. The van der Waals surface area contributed by atoms with Crippen LogP contribution in [-0.2, 0) is 0 Å². The number of hydrogen-bond donors (Lipinski definition) is 1. The van der Waals surface area contributed by atoms with Gasteiger partial charge in [-0.1, -0.05) is 48.0 Å². The normalized spacial score (nSPS) is 16.3. The number of carbonyl (C=O) groups is 1. The summed E-state index contributed by atoms with van der Waals surface area (Å²) in [5.41, 5.74) is 1.99. The van der Waals surface area contributed by atoms with Gasteiger partial charge in [-0.2, -0.15) is 0 Å². The number of carbonyl (C=O) groups excluding carboxylic acids is 1. The number of halogens is 1. The first-order chi connectivity index (χ1) is 15.1. The summed E-state index contributed by atoms with van der Waals surface area (Å²) in [4.78, 5) is 28.9. The van der Waals surface area contributed by atoms with Crippen LogP contribution in [0.1, 0.15) is 23.2 Å². The Balaban J connectivity index is 1.86. The molecule has 5 nitrogen and oxygen atoms in total. The maximum Gasteiger partial charge on any atom is 0.263 e. The Hall–Kier alpha value is -3.15. The van der Waals surface area contributed by atoms with Gasteiger partial charge >= 0.3 is 0 Å². The van der Waals surface area contributed by atoms with Gasteiger partial charge in [0.05, 0.1) is 23.7 Å². The molecule has 1 atom stereocenters. The van der Waals surface area contributed by atoms with Gasteiger partial charge in [0.15, 0.2) is 0 Å². The van der Waals surface area contributed by atoms with Crippen LogP contribution in [0.3, 0.4) is 0 Å². The number of amides is 1. The molecule has 3 heterocycles. The highest BCUT2D eigenvalue weighted by Gasteiger charge is 2.31. The summed E-state index contributed by atoms with van der Waals surface area (Å²) in [6.07, 6.45) is 3.33. The maximum absolute atomic E-state index is 13.7. The van der Waals surface area contributed by atoms with Crippen molar-refractivity contribution in [3.05, 3.63) is 87.8 Å². The zero-order chi connectivity index (χ0) is 21.5. The average molecular weight is 433 g/mol. The van der Waals surface area contributed by atoms with E-state index in [1.54, 1.807) is 29.3 Å². The van der Waals surface area contributed by atoms with Crippen molar-refractivity contribution in [3.8, 4) is 11.1 Å². The number of nitrogens with zero attached hydrogens (tertiary/aromatic N) is 2. The molecule has 0 spiro atoms. The highest BCUT2D eigenvalue weighted by molar-refractivity contribution is 6.31. The molecule has 1 aliphatic rings. The lowest BCUT2D eigenvalue weighted by Gasteiger charge is -2.24. The second-order valence-electron chi connectivity index (χ2n) is 7.89. The van der Waals surface area contributed by atoms with Crippen molar-refractivity contribution < 1.29 is 9.90 Å². The zero-order valence-corrected chi connectivity index (χ0v) is 17.5. The molecule has 2 aromatic heterocycles. The fourth-order valence-corrected chi connectivity index (χ4v) is 4.69. The Labute approximate surface area is 184 Å². The number of hydrogen-bond acceptors (Lipinski definition) is 3. The molecule has 0 unspecified atom stereocenters. The second-order valence-corrected chi connectivity index (χ2v) is 8.32. The van der Waals surface area contributed by atoms with Gasteiger partial charge in [0, 0.05) is 28.7 Å². The molecule has 1 amide bonds. The van der Waals surface area contributed by atoms with Gasteiger partial charge in [0.1, 0.15) is 0 Å². The van der Waals surface area contributed by atoms with Gasteiger partial charge in [0.2, 0.25) is 0 Å². The number of fused-ring (bicyclic) bond motifs is 3. The van der Waals surface area contributed by atoms with Crippen LogP contribution in [0.25, 0.3) is 27.4 Å². The summed E-state index contributed by atoms with van der Waals surface area (Å²) >= 11 is 6.27. The Morgan fingerprint density at radius 1 is 1.10 bits per heavy atom. The SMILES string of the molecule is O=C(c1cc(-c2ccccc2)c(=O)n2ccc3ccc(Cl)cc3c12)N1CCC[C@@H]1CO. The highest BCUT2D eigenvalue weighted by Crippen LogP contribution is 2.30. The highest BCUT2D eigenvalue weighted by atomic mass is 35.5. The van der Waals surface area contributed by atoms with Crippen molar-refractivity contribution in [1.82, 2.24) is 9.30 Å². The van der Waals surface area contributed by atoms with Crippen LogP contribution >= 0.6 is 11.6 Å². The minimum atomic E-state index is -0.210. The first-order valence-electron chi connectivity index (χ1n) is 10.3. The van der Waals surface area contributed by atoms with Gasteiger partial charge in [-0.3, -0.25) is 14.0 Å². The molecule has 0 aliphatic carbocycles. The van der Waals surface area contributed by atoms with Crippen LogP contribution in [0.5, 0.6) is 0 Å². The van der Waals surface area contributed by atoms with Crippen LogP contribution in [-0.4, -0.2) is 39.5 Å². The van der Waals surface area contributed by atoms with E-state index in [1.165, 1.54) is 4.40 Å². The first kappa shape index (κ1) is 19.8. The number of aromatic nitrogens is 1. The molecule has 1 N–H and O–H groups in total. The van der Waals surface area contributed by atoms with Crippen molar-refractivity contribution in [3.63, 3.8) is 0 Å². The van der Waals surface area contributed by atoms with Crippen molar-refractivity contribution >= 4 is 33.8 Å². The summed E-state index contributed by atoms with van der Waals surface area (Å²) in [6.45, 7) is 0.510. The van der Waals surface area contributed by atoms with E-state index in [2.05, 4.69) is 0 Å². The smallest absolute Gasteiger partial charge is 0.263 e. The third-order valence-electron chi connectivity index (χ3n) is 6.07. The summed E-state index contributed by atoms with van der Waals surface area (Å²) in [5.74, 6) is -0.182. The molecule has 6 heteroatoms. The van der Waals surface area contributed by atoms with E-state index in [9.17, 15) is 14.7 Å². The number of aliphatic hydroxyl groups excluding tert-OH is 1. The molecule has 5 rings (SSSR count). The number of pyridine rings is 2. The molecule has 1 aliphatic heterocycles. The monoisotopic (exact) mass is 432 g/mol. The average Bonchev–Trinajstić information content (AvgIpc) is 3.28. The Bertz CT molecular complexity index is 1360. The number of benzene rings is 2. The van der Waals surface area contributed by atoms with E-state index < -0.39 is 0 Å². The quantitative estimate of drug-likeness (QED) is 0.489.